The molecule has 84 valence electrons. The van der Waals surface area contributed by atoms with E-state index in [1.807, 2.05) is 18.2 Å². The lowest BCUT2D eigenvalue weighted by molar-refractivity contribution is 0.304. The molecule has 1 fully saturated rings. The minimum absolute atomic E-state index is 0.397. The monoisotopic (exact) mass is 280 g/mol. The molecule has 2 aromatic rings. The van der Waals surface area contributed by atoms with Gasteiger partial charge in [0.2, 0.25) is 0 Å². The second-order valence-electron chi connectivity index (χ2n) is 4.24. The van der Waals surface area contributed by atoms with E-state index in [1.54, 1.807) is 0 Å². The fourth-order valence-electron chi connectivity index (χ4n) is 2.38. The molecule has 1 aliphatic heterocycles. The van der Waals surface area contributed by atoms with Gasteiger partial charge in [0.1, 0.15) is 0 Å². The van der Waals surface area contributed by atoms with Crippen LogP contribution in [-0.2, 0) is 0 Å². The van der Waals surface area contributed by atoms with Crippen LogP contribution in [0.1, 0.15) is 24.7 Å². The zero-order valence-electron chi connectivity index (χ0n) is 9.10. The molecule has 0 saturated carbocycles. The number of hydrogen-bond donors (Lipinski definition) is 0. The third kappa shape index (κ3) is 1.46. The molecule has 0 aromatic carbocycles. The van der Waals surface area contributed by atoms with Gasteiger partial charge in [-0.15, -0.1) is 10.2 Å². The minimum Gasteiger partial charge on any atom is -0.296 e. The molecule has 1 saturated heterocycles. The van der Waals surface area contributed by atoms with E-state index in [4.69, 9.17) is 0 Å². The summed E-state index contributed by atoms with van der Waals surface area (Å²) in [5.74, 6) is 1.04. The molecule has 4 nitrogen and oxygen atoms in total. The number of fused-ring (bicyclic) bond motifs is 1. The van der Waals surface area contributed by atoms with Crippen molar-refractivity contribution in [1.29, 1.82) is 0 Å². The number of aromatic nitrogens is 3. The van der Waals surface area contributed by atoms with E-state index in [0.717, 1.165) is 22.6 Å². The van der Waals surface area contributed by atoms with Crippen LogP contribution in [0.3, 0.4) is 0 Å². The van der Waals surface area contributed by atoms with Gasteiger partial charge in [0.15, 0.2) is 11.5 Å². The van der Waals surface area contributed by atoms with Crippen LogP contribution >= 0.6 is 15.9 Å². The molecular weight excluding hydrogens is 268 g/mol. The molecule has 0 spiro atoms. The molecule has 5 heteroatoms. The standard InChI is InChI=1S/C11H13BrN4/c1-15-7-3-4-8(15)11-14-13-10-6-2-5-9(12)16(10)11/h2,5-6,8H,3-4,7H2,1H3. The van der Waals surface area contributed by atoms with E-state index in [-0.39, 0.29) is 0 Å². The van der Waals surface area contributed by atoms with Gasteiger partial charge in [-0.2, -0.15) is 0 Å². The first-order valence-corrected chi connectivity index (χ1v) is 6.26. The van der Waals surface area contributed by atoms with Gasteiger partial charge in [-0.05, 0) is 54.5 Å². The number of likely N-dealkylation sites (tertiary alicyclic amines) is 1. The lowest BCUT2D eigenvalue weighted by Gasteiger charge is -2.17. The van der Waals surface area contributed by atoms with E-state index in [2.05, 4.69) is 42.5 Å². The van der Waals surface area contributed by atoms with E-state index < -0.39 is 0 Å². The highest BCUT2D eigenvalue weighted by Gasteiger charge is 2.27. The van der Waals surface area contributed by atoms with Crippen molar-refractivity contribution in [3.8, 4) is 0 Å². The molecule has 1 aliphatic rings. The van der Waals surface area contributed by atoms with Crippen LogP contribution in [0.25, 0.3) is 5.65 Å². The lowest BCUT2D eigenvalue weighted by atomic mass is 10.2. The van der Waals surface area contributed by atoms with Crippen molar-refractivity contribution in [2.24, 2.45) is 0 Å². The van der Waals surface area contributed by atoms with Crippen LogP contribution in [0.15, 0.2) is 22.8 Å². The average Bonchev–Trinajstić information content (AvgIpc) is 2.84. The predicted molar refractivity (Wildman–Crippen MR) is 65.3 cm³/mol. The summed E-state index contributed by atoms with van der Waals surface area (Å²) < 4.78 is 3.11. The first-order valence-electron chi connectivity index (χ1n) is 5.47. The zero-order valence-corrected chi connectivity index (χ0v) is 10.7. The fraction of sp³-hybridized carbons (Fsp3) is 0.455. The van der Waals surface area contributed by atoms with Gasteiger partial charge >= 0.3 is 0 Å². The Morgan fingerprint density at radius 1 is 1.38 bits per heavy atom. The maximum absolute atomic E-state index is 4.33. The highest BCUT2D eigenvalue weighted by molar-refractivity contribution is 9.10. The highest BCUT2D eigenvalue weighted by atomic mass is 79.9. The average molecular weight is 281 g/mol. The SMILES string of the molecule is CN1CCCC1c1nnc2cccc(Br)n12. The summed E-state index contributed by atoms with van der Waals surface area (Å²) in [4.78, 5) is 2.34. The van der Waals surface area contributed by atoms with Gasteiger partial charge < -0.3 is 0 Å². The largest absolute Gasteiger partial charge is 0.296 e. The Morgan fingerprint density at radius 3 is 3.00 bits per heavy atom. The summed E-state index contributed by atoms with van der Waals surface area (Å²) >= 11 is 3.56. The summed E-state index contributed by atoms with van der Waals surface area (Å²) in [6.07, 6.45) is 2.40. The van der Waals surface area contributed by atoms with Gasteiger partial charge in [-0.25, -0.2) is 0 Å². The van der Waals surface area contributed by atoms with Crippen LogP contribution in [0.4, 0.5) is 0 Å². The molecular formula is C11H13BrN4. The molecule has 1 unspecified atom stereocenters. The Hall–Kier alpha value is -0.940. The van der Waals surface area contributed by atoms with E-state index >= 15 is 0 Å². The van der Waals surface area contributed by atoms with Crippen LogP contribution < -0.4 is 0 Å². The molecule has 0 amide bonds. The third-order valence-electron chi connectivity index (χ3n) is 3.22. The number of pyridine rings is 1. The van der Waals surface area contributed by atoms with Gasteiger partial charge in [0, 0.05) is 0 Å². The highest BCUT2D eigenvalue weighted by Crippen LogP contribution is 2.30. The molecule has 2 aromatic heterocycles. The Bertz CT molecular complexity index is 522. The first kappa shape index (κ1) is 10.2. The van der Waals surface area contributed by atoms with Crippen LogP contribution in [0.2, 0.25) is 0 Å². The second-order valence-corrected chi connectivity index (χ2v) is 5.05. The van der Waals surface area contributed by atoms with E-state index in [1.165, 1.54) is 12.8 Å². The maximum atomic E-state index is 4.33. The molecule has 0 N–H and O–H groups in total. The number of hydrogen-bond acceptors (Lipinski definition) is 3. The Kier molecular flexibility index (Phi) is 2.44. The number of rotatable bonds is 1. The maximum Gasteiger partial charge on any atom is 0.161 e. The molecule has 0 bridgehead atoms. The van der Waals surface area contributed by atoms with Crippen molar-refractivity contribution in [1.82, 2.24) is 19.5 Å². The van der Waals surface area contributed by atoms with Crippen molar-refractivity contribution in [3.63, 3.8) is 0 Å². The summed E-state index contributed by atoms with van der Waals surface area (Å²) in [7, 11) is 2.15. The van der Waals surface area contributed by atoms with Crippen LogP contribution in [0.5, 0.6) is 0 Å². The molecule has 0 aliphatic carbocycles. The van der Waals surface area contributed by atoms with Crippen molar-refractivity contribution in [2.75, 3.05) is 13.6 Å². The topological polar surface area (TPSA) is 33.4 Å². The Labute approximate surface area is 102 Å². The van der Waals surface area contributed by atoms with Gasteiger partial charge in [-0.3, -0.25) is 9.30 Å². The van der Waals surface area contributed by atoms with Crippen LogP contribution in [-0.4, -0.2) is 33.1 Å². The molecule has 1 atom stereocenters. The smallest absolute Gasteiger partial charge is 0.161 e. The van der Waals surface area contributed by atoms with E-state index in [0.29, 0.717) is 6.04 Å². The summed E-state index contributed by atoms with van der Waals surface area (Å²) in [6.45, 7) is 1.14. The summed E-state index contributed by atoms with van der Waals surface area (Å²) in [5.41, 5.74) is 0.907. The molecule has 3 rings (SSSR count). The summed E-state index contributed by atoms with van der Waals surface area (Å²) in [5, 5.41) is 8.54. The second kappa shape index (κ2) is 3.82. The zero-order chi connectivity index (χ0) is 11.1. The third-order valence-corrected chi connectivity index (χ3v) is 3.84. The Balaban J connectivity index is 2.16. The van der Waals surface area contributed by atoms with Crippen molar-refractivity contribution >= 4 is 21.6 Å². The van der Waals surface area contributed by atoms with Crippen molar-refractivity contribution < 1.29 is 0 Å². The van der Waals surface area contributed by atoms with E-state index in [9.17, 15) is 0 Å². The van der Waals surface area contributed by atoms with Crippen LogP contribution in [0, 0.1) is 0 Å². The normalized spacial score (nSPS) is 22.0. The lowest BCUT2D eigenvalue weighted by Crippen LogP contribution is -2.19. The van der Waals surface area contributed by atoms with Crippen molar-refractivity contribution in [2.45, 2.75) is 18.9 Å². The first-order chi connectivity index (χ1) is 7.77. The number of halogens is 1. The van der Waals surface area contributed by atoms with Gasteiger partial charge in [0.05, 0.1) is 10.6 Å². The summed E-state index contributed by atoms with van der Waals surface area (Å²) in [6, 6.07) is 6.38. The quantitative estimate of drug-likeness (QED) is 0.752. The minimum atomic E-state index is 0.397. The molecule has 0 radical (unpaired) electrons. The molecule has 3 heterocycles. The van der Waals surface area contributed by atoms with Gasteiger partial charge in [0.25, 0.3) is 0 Å². The molecule has 16 heavy (non-hydrogen) atoms. The Morgan fingerprint density at radius 2 is 2.25 bits per heavy atom. The fourth-order valence-corrected chi connectivity index (χ4v) is 2.89. The van der Waals surface area contributed by atoms with Crippen molar-refractivity contribution in [3.05, 3.63) is 28.6 Å². The number of nitrogens with zero attached hydrogens (tertiary/aromatic N) is 4. The van der Waals surface area contributed by atoms with Gasteiger partial charge in [-0.1, -0.05) is 6.07 Å². The predicted octanol–water partition coefficient (Wildman–Crippen LogP) is 2.26.